The fraction of sp³-hybridized carbons (Fsp3) is 0.667. The molecule has 1 rings (SSSR count). The Morgan fingerprint density at radius 1 is 1.33 bits per heavy atom. The molecule has 3 heteroatoms. The second kappa shape index (κ2) is 6.21. The molecule has 0 saturated carbocycles. The van der Waals surface area contributed by atoms with Crippen LogP contribution in [0, 0.1) is 17.6 Å². The van der Waals surface area contributed by atoms with Crippen LogP contribution in [0.1, 0.15) is 44.4 Å². The normalized spacial score (nSPS) is 13.1. The molecule has 0 aromatic carbocycles. The van der Waals surface area contributed by atoms with Crippen LogP contribution < -0.4 is 0 Å². The third kappa shape index (κ3) is 3.56. The molecule has 0 N–H and O–H groups in total. The van der Waals surface area contributed by atoms with Gasteiger partial charge in [0.25, 0.3) is 0 Å². The molecule has 0 aliphatic heterocycles. The van der Waals surface area contributed by atoms with Crippen molar-refractivity contribution in [3.8, 4) is 0 Å². The number of hydrogen-bond acceptors (Lipinski definition) is 1. The van der Waals surface area contributed by atoms with Crippen LogP contribution in [-0.2, 0) is 6.42 Å². The van der Waals surface area contributed by atoms with Crippen molar-refractivity contribution in [3.05, 3.63) is 21.9 Å². The fourth-order valence-corrected chi connectivity index (χ4v) is 2.58. The van der Waals surface area contributed by atoms with E-state index >= 15 is 0 Å². The highest BCUT2D eigenvalue weighted by atomic mass is 32.1. The van der Waals surface area contributed by atoms with E-state index in [4.69, 9.17) is 0 Å². The van der Waals surface area contributed by atoms with Crippen LogP contribution in [0.15, 0.2) is 5.38 Å². The van der Waals surface area contributed by atoms with Gasteiger partial charge in [0.15, 0.2) is 11.6 Å². The Hall–Kier alpha value is -0.440. The average molecular weight is 232 g/mol. The van der Waals surface area contributed by atoms with E-state index in [9.17, 15) is 8.78 Å². The number of hydrogen-bond donors (Lipinski definition) is 0. The quantitative estimate of drug-likeness (QED) is 0.661. The Kier molecular flexibility index (Phi) is 5.23. The molecule has 0 radical (unpaired) electrons. The maximum atomic E-state index is 13.2. The predicted octanol–water partition coefficient (Wildman–Crippen LogP) is 4.79. The minimum Gasteiger partial charge on any atom is -0.203 e. The van der Waals surface area contributed by atoms with Crippen LogP contribution in [0.2, 0.25) is 0 Å². The molecule has 0 nitrogen and oxygen atoms in total. The monoisotopic (exact) mass is 232 g/mol. The molecule has 86 valence electrons. The molecular formula is C12H18F2S. The minimum absolute atomic E-state index is 0.498. The highest BCUT2D eigenvalue weighted by Gasteiger charge is 2.15. The molecule has 0 spiro atoms. The first kappa shape index (κ1) is 12.6. The molecule has 1 atom stereocenters. The SMILES string of the molecule is CCCCC(CC)Cc1scc(F)c1F. The first-order chi connectivity index (χ1) is 7.19. The topological polar surface area (TPSA) is 0 Å². The van der Waals surface area contributed by atoms with Gasteiger partial charge in [-0.1, -0.05) is 39.5 Å². The second-order valence-corrected chi connectivity index (χ2v) is 4.91. The van der Waals surface area contributed by atoms with E-state index < -0.39 is 11.6 Å². The number of halogens is 2. The summed E-state index contributed by atoms with van der Waals surface area (Å²) in [5.74, 6) is -0.826. The van der Waals surface area contributed by atoms with Gasteiger partial charge in [0.1, 0.15) is 0 Å². The van der Waals surface area contributed by atoms with Crippen LogP contribution >= 0.6 is 11.3 Å². The van der Waals surface area contributed by atoms with Crippen LogP contribution in [0.4, 0.5) is 8.78 Å². The summed E-state index contributed by atoms with van der Waals surface area (Å²) in [6.07, 6.45) is 5.19. The molecular weight excluding hydrogens is 214 g/mol. The van der Waals surface area contributed by atoms with Crippen LogP contribution in [0.3, 0.4) is 0 Å². The molecule has 1 heterocycles. The van der Waals surface area contributed by atoms with Gasteiger partial charge in [-0.15, -0.1) is 11.3 Å². The van der Waals surface area contributed by atoms with Crippen molar-refractivity contribution in [2.45, 2.75) is 46.0 Å². The van der Waals surface area contributed by atoms with E-state index in [1.54, 1.807) is 0 Å². The molecule has 0 saturated heterocycles. The Bertz CT molecular complexity index is 294. The summed E-state index contributed by atoms with van der Waals surface area (Å²) in [6.45, 7) is 4.26. The van der Waals surface area contributed by atoms with Gasteiger partial charge < -0.3 is 0 Å². The van der Waals surface area contributed by atoms with Gasteiger partial charge in [-0.25, -0.2) is 8.78 Å². The van der Waals surface area contributed by atoms with Gasteiger partial charge in [0, 0.05) is 10.3 Å². The van der Waals surface area contributed by atoms with Crippen molar-refractivity contribution in [1.29, 1.82) is 0 Å². The van der Waals surface area contributed by atoms with Crippen molar-refractivity contribution in [3.63, 3.8) is 0 Å². The second-order valence-electron chi connectivity index (χ2n) is 3.94. The zero-order valence-corrected chi connectivity index (χ0v) is 10.2. The highest BCUT2D eigenvalue weighted by Crippen LogP contribution is 2.25. The molecule has 0 fully saturated rings. The summed E-state index contributed by atoms with van der Waals surface area (Å²) in [5.41, 5.74) is 0. The summed E-state index contributed by atoms with van der Waals surface area (Å²) >= 11 is 1.20. The van der Waals surface area contributed by atoms with E-state index in [1.165, 1.54) is 23.1 Å². The van der Waals surface area contributed by atoms with Crippen molar-refractivity contribution < 1.29 is 8.78 Å². The molecule has 15 heavy (non-hydrogen) atoms. The Balaban J connectivity index is 2.54. The smallest absolute Gasteiger partial charge is 0.172 e. The number of rotatable bonds is 6. The lowest BCUT2D eigenvalue weighted by atomic mass is 9.95. The van der Waals surface area contributed by atoms with Gasteiger partial charge >= 0.3 is 0 Å². The summed E-state index contributed by atoms with van der Waals surface area (Å²) in [4.78, 5) is 0.579. The van der Waals surface area contributed by atoms with Crippen molar-refractivity contribution in [1.82, 2.24) is 0 Å². The average Bonchev–Trinajstić information content (AvgIpc) is 2.55. The van der Waals surface area contributed by atoms with Gasteiger partial charge in [-0.2, -0.15) is 0 Å². The number of thiophene rings is 1. The van der Waals surface area contributed by atoms with Crippen molar-refractivity contribution in [2.24, 2.45) is 5.92 Å². The zero-order valence-electron chi connectivity index (χ0n) is 9.35. The van der Waals surface area contributed by atoms with Crippen molar-refractivity contribution >= 4 is 11.3 Å². The lowest BCUT2D eigenvalue weighted by Crippen LogP contribution is -2.03. The van der Waals surface area contributed by atoms with E-state index in [-0.39, 0.29) is 0 Å². The van der Waals surface area contributed by atoms with Gasteiger partial charge in [-0.05, 0) is 12.3 Å². The van der Waals surface area contributed by atoms with Gasteiger partial charge in [0.05, 0.1) is 0 Å². The Morgan fingerprint density at radius 3 is 2.53 bits per heavy atom. The fourth-order valence-electron chi connectivity index (χ4n) is 1.70. The van der Waals surface area contributed by atoms with E-state index in [1.807, 2.05) is 0 Å². The lowest BCUT2D eigenvalue weighted by Gasteiger charge is -2.12. The van der Waals surface area contributed by atoms with Crippen LogP contribution in [0.5, 0.6) is 0 Å². The summed E-state index contributed by atoms with van der Waals surface area (Å²) in [5, 5.41) is 1.26. The maximum absolute atomic E-state index is 13.2. The van der Waals surface area contributed by atoms with Crippen LogP contribution in [0.25, 0.3) is 0 Å². The summed E-state index contributed by atoms with van der Waals surface area (Å²) < 4.78 is 26.0. The molecule has 1 aromatic rings. The highest BCUT2D eigenvalue weighted by molar-refractivity contribution is 7.10. The predicted molar refractivity (Wildman–Crippen MR) is 61.2 cm³/mol. The summed E-state index contributed by atoms with van der Waals surface area (Å²) in [7, 11) is 0. The maximum Gasteiger partial charge on any atom is 0.172 e. The van der Waals surface area contributed by atoms with Gasteiger partial charge in [0.2, 0.25) is 0 Å². The van der Waals surface area contributed by atoms with Crippen LogP contribution in [-0.4, -0.2) is 0 Å². The standard InChI is InChI=1S/C12H18F2S/c1-3-5-6-9(4-2)7-11-12(14)10(13)8-15-11/h8-9H,3-7H2,1-2H3. The van der Waals surface area contributed by atoms with E-state index in [2.05, 4.69) is 13.8 Å². The Labute approximate surface area is 94.3 Å². The third-order valence-corrected chi connectivity index (χ3v) is 3.73. The third-order valence-electron chi connectivity index (χ3n) is 2.78. The van der Waals surface area contributed by atoms with E-state index in [0.717, 1.165) is 19.3 Å². The first-order valence-electron chi connectivity index (χ1n) is 5.60. The first-order valence-corrected chi connectivity index (χ1v) is 6.48. The molecule has 0 aliphatic carbocycles. The Morgan fingerprint density at radius 2 is 2.07 bits per heavy atom. The minimum atomic E-state index is -0.694. The molecule has 1 aromatic heterocycles. The largest absolute Gasteiger partial charge is 0.203 e. The molecule has 1 unspecified atom stereocenters. The van der Waals surface area contributed by atoms with Gasteiger partial charge in [-0.3, -0.25) is 0 Å². The molecule has 0 bridgehead atoms. The molecule has 0 amide bonds. The molecule has 0 aliphatic rings. The zero-order chi connectivity index (χ0) is 11.3. The van der Waals surface area contributed by atoms with E-state index in [0.29, 0.717) is 17.2 Å². The number of unbranched alkanes of at least 4 members (excludes halogenated alkanes) is 1. The lowest BCUT2D eigenvalue weighted by molar-refractivity contribution is 0.437. The van der Waals surface area contributed by atoms with Crippen molar-refractivity contribution in [2.75, 3.05) is 0 Å². The summed E-state index contributed by atoms with van der Waals surface area (Å²) in [6, 6.07) is 0.